The molecule has 0 amide bonds. The van der Waals surface area contributed by atoms with E-state index in [1.807, 2.05) is 0 Å². The Balaban J connectivity index is 3.11. The number of carbonyl (C=O) groups excluding carboxylic acids is 1. The maximum atomic E-state index is 12.7. The van der Waals surface area contributed by atoms with Gasteiger partial charge in [-0.05, 0) is 18.1 Å². The third kappa shape index (κ3) is 6.56. The van der Waals surface area contributed by atoms with E-state index in [2.05, 4.69) is 4.74 Å². The third-order valence-electron chi connectivity index (χ3n) is 3.24. The van der Waals surface area contributed by atoms with Crippen molar-refractivity contribution in [3.8, 4) is 0 Å². The van der Waals surface area contributed by atoms with Crippen LogP contribution in [0.3, 0.4) is 0 Å². The van der Waals surface area contributed by atoms with Crippen LogP contribution in [0.5, 0.6) is 0 Å². The Bertz CT molecular complexity index is 709. The second kappa shape index (κ2) is 7.63. The molecule has 0 radical (unpaired) electrons. The maximum Gasteiger partial charge on any atom is 0.416 e. The minimum Gasteiger partial charge on any atom is -0.468 e. The van der Waals surface area contributed by atoms with Gasteiger partial charge in [-0.1, -0.05) is 18.2 Å². The summed E-state index contributed by atoms with van der Waals surface area (Å²) in [6, 6.07) is 3.53. The van der Waals surface area contributed by atoms with E-state index in [1.54, 1.807) is 0 Å². The van der Waals surface area contributed by atoms with E-state index in [0.29, 0.717) is 6.07 Å². The number of rotatable bonds is 6. The van der Waals surface area contributed by atoms with Gasteiger partial charge in [0.15, 0.2) is 15.1 Å². The van der Waals surface area contributed by atoms with Gasteiger partial charge in [0, 0.05) is 0 Å². The van der Waals surface area contributed by atoms with E-state index in [1.165, 1.54) is 0 Å². The zero-order valence-electron chi connectivity index (χ0n) is 12.8. The monoisotopic (exact) mass is 392 g/mol. The smallest absolute Gasteiger partial charge is 0.416 e. The summed E-state index contributed by atoms with van der Waals surface area (Å²) in [5, 5.41) is -2.02. The molecule has 11 heteroatoms. The van der Waals surface area contributed by atoms with Gasteiger partial charge in [-0.25, -0.2) is 8.42 Å². The molecule has 1 rings (SSSR count). The van der Waals surface area contributed by atoms with Crippen LogP contribution in [0.1, 0.15) is 17.5 Å². The van der Waals surface area contributed by atoms with Crippen LogP contribution in [0.4, 0.5) is 26.3 Å². The van der Waals surface area contributed by atoms with Gasteiger partial charge >= 0.3 is 18.3 Å². The fourth-order valence-corrected chi connectivity index (χ4v) is 3.61. The molecule has 0 aliphatic heterocycles. The largest absolute Gasteiger partial charge is 0.468 e. The van der Waals surface area contributed by atoms with E-state index >= 15 is 0 Å². The molecule has 4 nitrogen and oxygen atoms in total. The summed E-state index contributed by atoms with van der Waals surface area (Å²) < 4.78 is 103. The Morgan fingerprint density at radius 2 is 1.76 bits per heavy atom. The van der Waals surface area contributed by atoms with Crippen molar-refractivity contribution in [1.82, 2.24) is 0 Å². The highest BCUT2D eigenvalue weighted by atomic mass is 32.2. The van der Waals surface area contributed by atoms with Crippen LogP contribution >= 0.6 is 0 Å². The quantitative estimate of drug-likeness (QED) is 0.551. The number of carbonyl (C=O) groups is 1. The summed E-state index contributed by atoms with van der Waals surface area (Å²) in [6.07, 6.45) is -11.8. The van der Waals surface area contributed by atoms with Gasteiger partial charge in [0.05, 0.1) is 24.8 Å². The van der Waals surface area contributed by atoms with Crippen molar-refractivity contribution in [3.63, 3.8) is 0 Å². The minimum atomic E-state index is -4.76. The summed E-state index contributed by atoms with van der Waals surface area (Å²) in [5.74, 6) is -2.70. The SMILES string of the molecule is COC(=O)C(Cc1cccc(C(F)(F)F)c1)S(=O)(=O)CCC(F)(F)F. The fraction of sp³-hybridized carbons (Fsp3) is 0.500. The zero-order valence-corrected chi connectivity index (χ0v) is 13.6. The lowest BCUT2D eigenvalue weighted by atomic mass is 10.1. The first kappa shape index (κ1) is 21.3. The minimum absolute atomic E-state index is 0.166. The number of hydrogen-bond donors (Lipinski definition) is 0. The van der Waals surface area contributed by atoms with Crippen LogP contribution in [-0.4, -0.2) is 38.7 Å². The van der Waals surface area contributed by atoms with Crippen LogP contribution in [-0.2, 0) is 32.0 Å². The van der Waals surface area contributed by atoms with Crippen LogP contribution < -0.4 is 0 Å². The van der Waals surface area contributed by atoms with Gasteiger partial charge in [0.1, 0.15) is 0 Å². The molecule has 0 N–H and O–H groups in total. The third-order valence-corrected chi connectivity index (χ3v) is 5.24. The number of esters is 1. The van der Waals surface area contributed by atoms with Gasteiger partial charge < -0.3 is 4.74 Å². The van der Waals surface area contributed by atoms with Crippen LogP contribution in [0, 0.1) is 0 Å². The molecule has 0 spiro atoms. The molecule has 0 aromatic heterocycles. The van der Waals surface area contributed by atoms with Gasteiger partial charge in [-0.15, -0.1) is 0 Å². The number of alkyl halides is 6. The molecular weight excluding hydrogens is 378 g/mol. The van der Waals surface area contributed by atoms with Crippen LogP contribution in [0.2, 0.25) is 0 Å². The molecule has 1 aromatic rings. The Labute approximate surface area is 139 Å². The van der Waals surface area contributed by atoms with E-state index in [9.17, 15) is 39.6 Å². The summed E-state index contributed by atoms with van der Waals surface area (Å²) in [4.78, 5) is 11.7. The Morgan fingerprint density at radius 1 is 1.16 bits per heavy atom. The predicted molar refractivity (Wildman–Crippen MR) is 75.4 cm³/mol. The lowest BCUT2D eigenvalue weighted by Crippen LogP contribution is -2.36. The van der Waals surface area contributed by atoms with Gasteiger partial charge in [-0.2, -0.15) is 26.3 Å². The molecule has 0 saturated heterocycles. The molecular formula is C14H14F6O4S. The predicted octanol–water partition coefficient (Wildman–Crippen LogP) is 3.16. The average Bonchev–Trinajstić information content (AvgIpc) is 2.49. The number of hydrogen-bond acceptors (Lipinski definition) is 4. The number of methoxy groups -OCH3 is 1. The summed E-state index contributed by atoms with van der Waals surface area (Å²) >= 11 is 0. The van der Waals surface area contributed by atoms with Crippen molar-refractivity contribution in [2.24, 2.45) is 0 Å². The highest BCUT2D eigenvalue weighted by molar-refractivity contribution is 7.92. The van der Waals surface area contributed by atoms with Crippen molar-refractivity contribution >= 4 is 15.8 Å². The Morgan fingerprint density at radius 3 is 2.24 bits per heavy atom. The second-order valence-electron chi connectivity index (χ2n) is 5.15. The number of halogens is 6. The first-order chi connectivity index (χ1) is 11.3. The standard InChI is InChI=1S/C14H14F6O4S/c1-24-12(21)11(25(22,23)6-5-13(15,16)17)8-9-3-2-4-10(7-9)14(18,19)20/h2-4,7,11H,5-6,8H2,1H3. The molecule has 25 heavy (non-hydrogen) atoms. The van der Waals surface area contributed by atoms with E-state index < -0.39 is 57.6 Å². The second-order valence-corrected chi connectivity index (χ2v) is 7.45. The Kier molecular flexibility index (Phi) is 6.49. The lowest BCUT2D eigenvalue weighted by Gasteiger charge is -2.17. The summed E-state index contributed by atoms with van der Waals surface area (Å²) in [7, 11) is -3.76. The van der Waals surface area contributed by atoms with Crippen molar-refractivity contribution in [3.05, 3.63) is 35.4 Å². The topological polar surface area (TPSA) is 60.4 Å². The average molecular weight is 392 g/mol. The number of sulfone groups is 1. The van der Waals surface area contributed by atoms with Gasteiger partial charge in [-0.3, -0.25) is 4.79 Å². The van der Waals surface area contributed by atoms with Crippen molar-refractivity contribution in [2.75, 3.05) is 12.9 Å². The van der Waals surface area contributed by atoms with Gasteiger partial charge in [0.2, 0.25) is 0 Å². The van der Waals surface area contributed by atoms with Crippen molar-refractivity contribution in [2.45, 2.75) is 30.4 Å². The molecule has 142 valence electrons. The lowest BCUT2D eigenvalue weighted by molar-refractivity contribution is -0.140. The molecule has 0 heterocycles. The molecule has 0 fully saturated rings. The van der Waals surface area contributed by atoms with Crippen molar-refractivity contribution < 1.29 is 44.3 Å². The summed E-state index contributed by atoms with van der Waals surface area (Å²) in [6.45, 7) is 0. The Hall–Kier alpha value is -1.78. The molecule has 0 bridgehead atoms. The maximum absolute atomic E-state index is 12.7. The number of benzene rings is 1. The molecule has 0 aliphatic carbocycles. The highest BCUT2D eigenvalue weighted by Crippen LogP contribution is 2.30. The first-order valence-corrected chi connectivity index (χ1v) is 8.50. The summed E-state index contributed by atoms with van der Waals surface area (Å²) in [5.41, 5.74) is -1.23. The zero-order chi connectivity index (χ0) is 19.5. The van der Waals surface area contributed by atoms with Crippen LogP contribution in [0.15, 0.2) is 24.3 Å². The van der Waals surface area contributed by atoms with E-state index in [-0.39, 0.29) is 5.56 Å². The highest BCUT2D eigenvalue weighted by Gasteiger charge is 2.38. The normalized spacial score (nSPS) is 14.2. The molecule has 1 atom stereocenters. The van der Waals surface area contributed by atoms with E-state index in [4.69, 9.17) is 0 Å². The van der Waals surface area contributed by atoms with Crippen LogP contribution in [0.25, 0.3) is 0 Å². The molecule has 1 unspecified atom stereocenters. The molecule has 0 saturated carbocycles. The van der Waals surface area contributed by atoms with Gasteiger partial charge in [0.25, 0.3) is 0 Å². The van der Waals surface area contributed by atoms with E-state index in [0.717, 1.165) is 25.3 Å². The van der Waals surface area contributed by atoms with Crippen molar-refractivity contribution in [1.29, 1.82) is 0 Å². The first-order valence-electron chi connectivity index (χ1n) is 6.78. The molecule has 0 aliphatic rings. The molecule has 1 aromatic carbocycles. The fourth-order valence-electron chi connectivity index (χ4n) is 1.98. The number of ether oxygens (including phenoxy) is 1.